The molecule has 206 valence electrons. The number of hydrogen-bond acceptors (Lipinski definition) is 8. The number of carbonyl (C=O) groups excluding carboxylic acids is 2. The van der Waals surface area contributed by atoms with Crippen LogP contribution >= 0.6 is 0 Å². The van der Waals surface area contributed by atoms with E-state index >= 15 is 0 Å². The van der Waals surface area contributed by atoms with Crippen molar-refractivity contribution in [2.45, 2.75) is 65.1 Å². The van der Waals surface area contributed by atoms with E-state index in [4.69, 9.17) is 19.3 Å². The van der Waals surface area contributed by atoms with E-state index in [1.807, 2.05) is 0 Å². The van der Waals surface area contributed by atoms with E-state index in [0.29, 0.717) is 17.9 Å². The third-order valence-electron chi connectivity index (χ3n) is 5.89. The largest absolute Gasteiger partial charge is 0.494 e. The minimum Gasteiger partial charge on any atom is -0.494 e. The second-order valence-corrected chi connectivity index (χ2v) is 9.37. The zero-order valence-electron chi connectivity index (χ0n) is 21.7. The number of hydrogen-bond donors (Lipinski definition) is 3. The maximum absolute atomic E-state index is 12.6. The zero-order chi connectivity index (χ0) is 28.3. The molecule has 0 unspecified atom stereocenters. The molecule has 0 radical (unpaired) electrons. The quantitative estimate of drug-likeness (QED) is 0.172. The van der Waals surface area contributed by atoms with Crippen LogP contribution in [-0.4, -0.2) is 58.0 Å². The molecule has 0 aliphatic rings. The molecule has 0 aromatic heterocycles. The van der Waals surface area contributed by atoms with Crippen LogP contribution < -0.4 is 9.47 Å². The van der Waals surface area contributed by atoms with Crippen LogP contribution in [0.25, 0.3) is 0 Å². The summed E-state index contributed by atoms with van der Waals surface area (Å²) in [6.45, 7) is 5.17. The number of benzene rings is 2. The highest BCUT2D eigenvalue weighted by Gasteiger charge is 2.44. The number of aliphatic carboxylic acids is 2. The Hall–Kier alpha value is -3.92. The first-order valence-corrected chi connectivity index (χ1v) is 12.3. The van der Waals surface area contributed by atoms with Gasteiger partial charge in [-0.05, 0) is 68.8 Å². The van der Waals surface area contributed by atoms with Gasteiger partial charge >= 0.3 is 23.9 Å². The van der Waals surface area contributed by atoms with Gasteiger partial charge in [-0.1, -0.05) is 26.2 Å². The molecule has 0 bridgehead atoms. The molecule has 2 aromatic rings. The lowest BCUT2D eigenvalue weighted by atomic mass is 9.82. The van der Waals surface area contributed by atoms with Crippen LogP contribution in [0.3, 0.4) is 0 Å². The predicted octanol–water partition coefficient (Wildman–Crippen LogP) is 4.34. The van der Waals surface area contributed by atoms with E-state index in [1.54, 1.807) is 24.3 Å². The van der Waals surface area contributed by atoms with E-state index in [2.05, 4.69) is 6.92 Å². The highest BCUT2D eigenvalue weighted by molar-refractivity contribution is 5.92. The van der Waals surface area contributed by atoms with Crippen molar-refractivity contribution in [3.05, 3.63) is 59.7 Å². The number of aliphatic hydroxyl groups is 1. The van der Waals surface area contributed by atoms with Gasteiger partial charge in [0, 0.05) is 0 Å². The molecule has 2 rings (SSSR count). The van der Waals surface area contributed by atoms with Gasteiger partial charge in [-0.3, -0.25) is 9.59 Å². The molecule has 2 atom stereocenters. The number of rotatable bonds is 15. The van der Waals surface area contributed by atoms with Crippen molar-refractivity contribution in [1.29, 1.82) is 0 Å². The summed E-state index contributed by atoms with van der Waals surface area (Å²) in [5.74, 6) is -3.55. The number of unbranched alkanes of at least 4 members (excludes halogenated alkanes) is 3. The van der Waals surface area contributed by atoms with Crippen LogP contribution in [0.4, 0.5) is 0 Å². The molecule has 0 aliphatic heterocycles. The van der Waals surface area contributed by atoms with Crippen LogP contribution in [0.5, 0.6) is 11.5 Å². The first kappa shape index (κ1) is 30.3. The Bertz CT molecular complexity index is 1090. The number of aliphatic hydroxyl groups excluding tert-OH is 1. The van der Waals surface area contributed by atoms with E-state index in [0.717, 1.165) is 25.7 Å². The average Bonchev–Trinajstić information content (AvgIpc) is 2.87. The second kappa shape index (κ2) is 14.1. The number of esters is 2. The van der Waals surface area contributed by atoms with Crippen molar-refractivity contribution < 1.29 is 48.7 Å². The smallest absolute Gasteiger partial charge is 0.343 e. The Labute approximate surface area is 221 Å². The topological polar surface area (TPSA) is 157 Å². The number of carboxylic acid groups (broad SMARTS) is 2. The van der Waals surface area contributed by atoms with Crippen LogP contribution in [0.2, 0.25) is 0 Å². The number of ether oxygens (including phenoxy) is 3. The molecule has 0 heterocycles. The molecule has 2 aromatic carbocycles. The standard InChI is InChI=1S/C28H34O10/c1-4-5-6-7-16-36-20-12-8-18(9-13-20)25(32)37-21-14-10-19(11-15-21)26(33)38-24(22(29)17-23(30)31)28(2,3)27(34)35/h8-15,22,24,29H,4-7,16-17H2,1-3H3,(H,30,31)(H,34,35)/t22-,24+/m1/s1. The molecule has 10 nitrogen and oxygen atoms in total. The van der Waals surface area contributed by atoms with Gasteiger partial charge in [0.1, 0.15) is 29.1 Å². The zero-order valence-corrected chi connectivity index (χ0v) is 21.7. The molecule has 0 saturated heterocycles. The molecule has 0 spiro atoms. The summed E-state index contributed by atoms with van der Waals surface area (Å²) < 4.78 is 16.2. The molecule has 0 aliphatic carbocycles. The lowest BCUT2D eigenvalue weighted by molar-refractivity contribution is -0.162. The predicted molar refractivity (Wildman–Crippen MR) is 136 cm³/mol. The van der Waals surface area contributed by atoms with Crippen LogP contribution in [0.1, 0.15) is 73.6 Å². The fourth-order valence-corrected chi connectivity index (χ4v) is 3.53. The first-order chi connectivity index (χ1) is 17.9. The van der Waals surface area contributed by atoms with Crippen molar-refractivity contribution in [2.24, 2.45) is 5.41 Å². The van der Waals surface area contributed by atoms with Crippen molar-refractivity contribution >= 4 is 23.9 Å². The molecular weight excluding hydrogens is 496 g/mol. The van der Waals surface area contributed by atoms with E-state index in [-0.39, 0.29) is 11.3 Å². The third-order valence-corrected chi connectivity index (χ3v) is 5.89. The lowest BCUT2D eigenvalue weighted by Crippen LogP contribution is -2.48. The summed E-state index contributed by atoms with van der Waals surface area (Å²) in [4.78, 5) is 47.7. The SMILES string of the molecule is CCCCCCOc1ccc(C(=O)Oc2ccc(C(=O)O[C@@H]([C@H](O)CC(=O)O)C(C)(C)C(=O)O)cc2)cc1. The summed E-state index contributed by atoms with van der Waals surface area (Å²) in [7, 11) is 0. The molecule has 10 heteroatoms. The van der Waals surface area contributed by atoms with Crippen molar-refractivity contribution in [2.75, 3.05) is 6.61 Å². The molecule has 38 heavy (non-hydrogen) atoms. The highest BCUT2D eigenvalue weighted by atomic mass is 16.6. The van der Waals surface area contributed by atoms with Gasteiger partial charge in [-0.25, -0.2) is 9.59 Å². The minimum atomic E-state index is -1.77. The number of carboxylic acids is 2. The summed E-state index contributed by atoms with van der Waals surface area (Å²) in [6.07, 6.45) is 0.178. The molecular formula is C28H34O10. The molecule has 0 fully saturated rings. The second-order valence-electron chi connectivity index (χ2n) is 9.37. The highest BCUT2D eigenvalue weighted by Crippen LogP contribution is 2.29. The fraction of sp³-hybridized carbons (Fsp3) is 0.429. The Balaban J connectivity index is 2.00. The summed E-state index contributed by atoms with van der Waals surface area (Å²) >= 11 is 0. The van der Waals surface area contributed by atoms with Crippen molar-refractivity contribution in [3.8, 4) is 11.5 Å². The van der Waals surface area contributed by atoms with E-state index < -0.39 is 47.9 Å². The Morgan fingerprint density at radius 3 is 1.89 bits per heavy atom. The van der Waals surface area contributed by atoms with Gasteiger partial charge in [-0.2, -0.15) is 0 Å². The van der Waals surface area contributed by atoms with Gasteiger partial charge in [0.15, 0.2) is 0 Å². The summed E-state index contributed by atoms with van der Waals surface area (Å²) in [5, 5.41) is 28.6. The van der Waals surface area contributed by atoms with Crippen LogP contribution in [0, 0.1) is 5.41 Å². The maximum atomic E-state index is 12.6. The third kappa shape index (κ3) is 8.88. The Morgan fingerprint density at radius 2 is 1.37 bits per heavy atom. The lowest BCUT2D eigenvalue weighted by Gasteiger charge is -2.33. The van der Waals surface area contributed by atoms with Crippen molar-refractivity contribution in [1.82, 2.24) is 0 Å². The Morgan fingerprint density at radius 1 is 0.816 bits per heavy atom. The van der Waals surface area contributed by atoms with Crippen molar-refractivity contribution in [3.63, 3.8) is 0 Å². The normalized spacial score (nSPS) is 12.7. The van der Waals surface area contributed by atoms with Gasteiger partial charge in [0.05, 0.1) is 24.2 Å². The first-order valence-electron chi connectivity index (χ1n) is 12.3. The van der Waals surface area contributed by atoms with Gasteiger partial charge in [-0.15, -0.1) is 0 Å². The summed E-state index contributed by atoms with van der Waals surface area (Å²) in [5.41, 5.74) is -1.48. The van der Waals surface area contributed by atoms with Crippen LogP contribution in [-0.2, 0) is 14.3 Å². The minimum absolute atomic E-state index is 0.0149. The summed E-state index contributed by atoms with van der Waals surface area (Å²) in [6, 6.07) is 11.8. The van der Waals surface area contributed by atoms with Crippen LogP contribution in [0.15, 0.2) is 48.5 Å². The number of carbonyl (C=O) groups is 4. The molecule has 0 amide bonds. The van der Waals surface area contributed by atoms with Gasteiger partial charge < -0.3 is 29.5 Å². The fourth-order valence-electron chi connectivity index (χ4n) is 3.53. The molecule has 0 saturated carbocycles. The van der Waals surface area contributed by atoms with Gasteiger partial charge in [0.25, 0.3) is 0 Å². The van der Waals surface area contributed by atoms with E-state index in [9.17, 15) is 29.4 Å². The monoisotopic (exact) mass is 530 g/mol. The van der Waals surface area contributed by atoms with Gasteiger partial charge in [0.2, 0.25) is 0 Å². The molecule has 3 N–H and O–H groups in total. The Kier molecular flexibility index (Phi) is 11.3. The average molecular weight is 531 g/mol. The van der Waals surface area contributed by atoms with E-state index in [1.165, 1.54) is 38.1 Å². The maximum Gasteiger partial charge on any atom is 0.343 e.